The predicted octanol–water partition coefficient (Wildman–Crippen LogP) is 12.0. The van der Waals surface area contributed by atoms with Crippen LogP contribution < -0.4 is 4.90 Å². The number of nitrogens with zero attached hydrogens (tertiary/aromatic N) is 4. The number of rotatable bonds is 9. The van der Waals surface area contributed by atoms with Gasteiger partial charge in [-0.15, -0.1) is 34.0 Å². The number of hydrogen-bond acceptors (Lipinski definition) is 9. The van der Waals surface area contributed by atoms with Crippen molar-refractivity contribution in [1.82, 2.24) is 8.75 Å². The molecule has 1 N–H and O–H groups in total. The van der Waals surface area contributed by atoms with Crippen molar-refractivity contribution in [1.29, 1.82) is 5.26 Å². The highest BCUT2D eigenvalue weighted by molar-refractivity contribution is 7.25. The molecule has 0 unspecified atom stereocenters. The second-order valence-electron chi connectivity index (χ2n) is 11.2. The molecule has 240 valence electrons. The maximum absolute atomic E-state index is 11.3. The maximum Gasteiger partial charge on any atom is 0.346 e. The first kappa shape index (κ1) is 31.6. The molecule has 0 aliphatic heterocycles. The van der Waals surface area contributed by atoms with Crippen LogP contribution in [0.15, 0.2) is 139 Å². The Morgan fingerprint density at radius 3 is 1.68 bits per heavy atom. The molecular formula is C40H24N4O2S4. The molecule has 8 aromatic rings. The highest BCUT2D eigenvalue weighted by atomic mass is 32.1. The molecule has 10 heteroatoms. The predicted molar refractivity (Wildman–Crippen MR) is 209 cm³/mol. The number of hydrogen-bond donors (Lipinski definition) is 1. The van der Waals surface area contributed by atoms with Crippen LogP contribution in [0.25, 0.3) is 58.2 Å². The molecule has 0 saturated heterocycles. The minimum Gasteiger partial charge on any atom is -0.477 e. The fourth-order valence-corrected chi connectivity index (χ4v) is 9.43. The van der Waals surface area contributed by atoms with Crippen molar-refractivity contribution >= 4 is 85.9 Å². The second-order valence-corrected chi connectivity index (χ2v) is 15.0. The van der Waals surface area contributed by atoms with E-state index in [2.05, 4.69) is 117 Å². The zero-order valence-electron chi connectivity index (χ0n) is 26.1. The normalized spacial score (nSPS) is 11.5. The number of nitriles is 1. The summed E-state index contributed by atoms with van der Waals surface area (Å²) in [6, 6.07) is 47.9. The van der Waals surface area contributed by atoms with Gasteiger partial charge in [0.15, 0.2) is 0 Å². The van der Waals surface area contributed by atoms with Gasteiger partial charge < -0.3 is 10.0 Å². The van der Waals surface area contributed by atoms with Gasteiger partial charge in [-0.1, -0.05) is 60.7 Å². The van der Waals surface area contributed by atoms with Crippen LogP contribution in [0.4, 0.5) is 17.1 Å². The van der Waals surface area contributed by atoms with Gasteiger partial charge >= 0.3 is 5.97 Å². The van der Waals surface area contributed by atoms with Crippen LogP contribution in [-0.4, -0.2) is 19.8 Å². The minimum atomic E-state index is -1.24. The van der Waals surface area contributed by atoms with Crippen molar-refractivity contribution < 1.29 is 9.90 Å². The third kappa shape index (κ3) is 6.15. The first-order chi connectivity index (χ1) is 24.6. The third-order valence-electron chi connectivity index (χ3n) is 8.10. The van der Waals surface area contributed by atoms with Gasteiger partial charge in [-0.25, -0.2) is 4.79 Å². The number of aromatic nitrogens is 2. The Hall–Kier alpha value is -5.70. The number of fused-ring (bicyclic) bond motifs is 1. The first-order valence-electron chi connectivity index (χ1n) is 15.5. The van der Waals surface area contributed by atoms with Crippen LogP contribution in [0.2, 0.25) is 0 Å². The SMILES string of the molecule is N#C/C(=C\c1ccc(-c2ccc(-c3ccc(-c4ccc(-c5ccc(N(c6ccccc6)c6ccccc6)cc5)s4)s3)c3nsnc23)s1)C(=O)O. The molecule has 0 amide bonds. The van der Waals surface area contributed by atoms with E-state index in [-0.39, 0.29) is 5.57 Å². The summed E-state index contributed by atoms with van der Waals surface area (Å²) in [5.74, 6) is -1.24. The Balaban J connectivity index is 1.05. The second kappa shape index (κ2) is 13.7. The van der Waals surface area contributed by atoms with E-state index in [0.29, 0.717) is 4.88 Å². The van der Waals surface area contributed by atoms with Gasteiger partial charge in [0.25, 0.3) is 0 Å². The molecule has 0 fully saturated rings. The number of carboxylic acid groups (broad SMARTS) is 1. The number of benzene rings is 4. The lowest BCUT2D eigenvalue weighted by Crippen LogP contribution is -2.09. The molecule has 0 atom stereocenters. The lowest BCUT2D eigenvalue weighted by atomic mass is 10.1. The zero-order valence-corrected chi connectivity index (χ0v) is 29.3. The summed E-state index contributed by atoms with van der Waals surface area (Å²) in [5, 5.41) is 18.4. The highest BCUT2D eigenvalue weighted by Gasteiger charge is 2.18. The molecule has 50 heavy (non-hydrogen) atoms. The largest absolute Gasteiger partial charge is 0.477 e. The van der Waals surface area contributed by atoms with Crippen molar-refractivity contribution in [3.63, 3.8) is 0 Å². The third-order valence-corrected chi connectivity index (χ3v) is 12.1. The van der Waals surface area contributed by atoms with Gasteiger partial charge in [-0.3, -0.25) is 0 Å². The topological polar surface area (TPSA) is 90.1 Å². The average Bonchev–Trinajstić information content (AvgIpc) is 3.99. The van der Waals surface area contributed by atoms with E-state index in [1.54, 1.807) is 28.7 Å². The van der Waals surface area contributed by atoms with E-state index in [9.17, 15) is 9.90 Å². The molecule has 6 nitrogen and oxygen atoms in total. The summed E-state index contributed by atoms with van der Waals surface area (Å²) in [4.78, 5) is 19.9. The van der Waals surface area contributed by atoms with E-state index in [1.807, 2.05) is 30.3 Å². The van der Waals surface area contributed by atoms with E-state index < -0.39 is 5.97 Å². The number of thiophene rings is 3. The van der Waals surface area contributed by atoms with Crippen molar-refractivity contribution in [3.8, 4) is 47.1 Å². The molecule has 0 aliphatic rings. The smallest absolute Gasteiger partial charge is 0.346 e. The van der Waals surface area contributed by atoms with Crippen LogP contribution in [0, 0.1) is 11.3 Å². The molecule has 0 radical (unpaired) electrons. The highest BCUT2D eigenvalue weighted by Crippen LogP contribution is 2.44. The van der Waals surface area contributed by atoms with Crippen molar-refractivity contribution in [3.05, 3.63) is 144 Å². The standard InChI is InChI=1S/C40H24N4O2S4/c41-24-26(40(45)46)23-30-15-18-34(47-30)31-16-17-32(39-38(31)42-50-43-39)35-20-22-37(49-35)36-21-19-33(48-36)25-11-13-29(14-12-25)44(27-7-3-1-4-8-27)28-9-5-2-6-10-28/h1-23H,(H,45,46)/b26-23+. The van der Waals surface area contributed by atoms with E-state index >= 15 is 0 Å². The van der Waals surface area contributed by atoms with Crippen LogP contribution in [0.1, 0.15) is 4.88 Å². The van der Waals surface area contributed by atoms with Crippen LogP contribution >= 0.6 is 45.7 Å². The molecule has 0 aliphatic carbocycles. The summed E-state index contributed by atoms with van der Waals surface area (Å²) in [6.45, 7) is 0. The van der Waals surface area contributed by atoms with E-state index in [1.165, 1.54) is 49.3 Å². The monoisotopic (exact) mass is 720 g/mol. The van der Waals surface area contributed by atoms with E-state index in [0.717, 1.165) is 49.0 Å². The number of para-hydroxylation sites is 2. The Morgan fingerprint density at radius 1 is 0.600 bits per heavy atom. The van der Waals surface area contributed by atoms with Gasteiger partial charge in [0.1, 0.15) is 22.7 Å². The first-order valence-corrected chi connectivity index (χ1v) is 18.7. The Kier molecular flexibility index (Phi) is 8.62. The van der Waals surface area contributed by atoms with Crippen LogP contribution in [-0.2, 0) is 4.79 Å². The lowest BCUT2D eigenvalue weighted by molar-refractivity contribution is -0.132. The summed E-state index contributed by atoms with van der Waals surface area (Å²) in [5.41, 5.74) is 7.79. The van der Waals surface area contributed by atoms with E-state index in [4.69, 9.17) is 5.26 Å². The minimum absolute atomic E-state index is 0.299. The van der Waals surface area contributed by atoms with Gasteiger partial charge in [0.05, 0.1) is 11.7 Å². The number of carboxylic acids is 1. The number of carbonyl (C=O) groups is 1. The molecule has 8 rings (SSSR count). The van der Waals surface area contributed by atoms with Gasteiger partial charge in [-0.2, -0.15) is 14.0 Å². The van der Waals surface area contributed by atoms with Crippen LogP contribution in [0.5, 0.6) is 0 Å². The molecule has 4 aromatic carbocycles. The summed E-state index contributed by atoms with van der Waals surface area (Å²) >= 11 is 6.11. The molecular weight excluding hydrogens is 697 g/mol. The molecule has 4 heterocycles. The molecule has 4 aromatic heterocycles. The summed E-state index contributed by atoms with van der Waals surface area (Å²) in [7, 11) is 0. The van der Waals surface area contributed by atoms with Gasteiger partial charge in [0, 0.05) is 57.5 Å². The molecule has 0 bridgehead atoms. The van der Waals surface area contributed by atoms with Gasteiger partial charge in [-0.05, 0) is 84.4 Å². The molecule has 0 spiro atoms. The van der Waals surface area contributed by atoms with Crippen molar-refractivity contribution in [2.45, 2.75) is 0 Å². The molecule has 0 saturated carbocycles. The van der Waals surface area contributed by atoms with Crippen molar-refractivity contribution in [2.75, 3.05) is 4.90 Å². The summed E-state index contributed by atoms with van der Waals surface area (Å²) in [6.07, 6.45) is 1.39. The van der Waals surface area contributed by atoms with Crippen molar-refractivity contribution in [2.24, 2.45) is 0 Å². The lowest BCUT2D eigenvalue weighted by Gasteiger charge is -2.25. The maximum atomic E-state index is 11.3. The number of anilines is 3. The Bertz CT molecular complexity index is 2500. The van der Waals surface area contributed by atoms with Crippen LogP contribution in [0.3, 0.4) is 0 Å². The fourth-order valence-electron chi connectivity index (χ4n) is 5.74. The average molecular weight is 721 g/mol. The Labute approximate surface area is 304 Å². The number of aliphatic carboxylic acids is 1. The van der Waals surface area contributed by atoms with Gasteiger partial charge in [0.2, 0.25) is 0 Å². The quantitative estimate of drug-likeness (QED) is 0.118. The zero-order chi connectivity index (χ0) is 34.0. The Morgan fingerprint density at radius 2 is 1.10 bits per heavy atom. The fraction of sp³-hybridized carbons (Fsp3) is 0. The summed E-state index contributed by atoms with van der Waals surface area (Å²) < 4.78 is 9.29.